The van der Waals surface area contributed by atoms with Crippen LogP contribution in [0.25, 0.3) is 44.3 Å². The molecule has 0 saturated carbocycles. The Morgan fingerprint density at radius 2 is 1.81 bits per heavy atom. The molecule has 36 heavy (non-hydrogen) atoms. The van der Waals surface area contributed by atoms with E-state index in [2.05, 4.69) is 47.5 Å². The van der Waals surface area contributed by atoms with E-state index in [0.717, 1.165) is 58.4 Å². The minimum Gasteiger partial charge on any atom is -0.370 e. The zero-order valence-corrected chi connectivity index (χ0v) is 20.3. The van der Waals surface area contributed by atoms with E-state index in [0.29, 0.717) is 12.1 Å². The number of nitrogens with one attached hydrogen (secondary N) is 3. The van der Waals surface area contributed by atoms with E-state index >= 15 is 0 Å². The summed E-state index contributed by atoms with van der Waals surface area (Å²) < 4.78 is 0. The molecule has 0 aliphatic carbocycles. The van der Waals surface area contributed by atoms with Gasteiger partial charge in [-0.2, -0.15) is 5.10 Å². The molecule has 1 fully saturated rings. The maximum Gasteiger partial charge on any atom is 0.224 e. The Bertz CT molecular complexity index is 1540. The number of hydrogen-bond acceptors (Lipinski definition) is 5. The monoisotopic (exact) mass is 479 g/mol. The van der Waals surface area contributed by atoms with Crippen LogP contribution in [0.2, 0.25) is 0 Å². The minimum atomic E-state index is 0.00115. The number of benzene rings is 1. The van der Waals surface area contributed by atoms with Crippen LogP contribution in [-0.2, 0) is 4.79 Å². The van der Waals surface area contributed by atoms with Crippen LogP contribution in [0.4, 0.5) is 11.4 Å². The first-order valence-corrected chi connectivity index (χ1v) is 12.6. The number of H-pyrrole nitrogens is 2. The Morgan fingerprint density at radius 3 is 2.67 bits per heavy atom. The van der Waals surface area contributed by atoms with Crippen molar-refractivity contribution in [2.24, 2.45) is 0 Å². The molecule has 1 aliphatic rings. The van der Waals surface area contributed by atoms with E-state index in [1.54, 1.807) is 6.20 Å². The molecule has 3 N–H and O–H groups in total. The second-order valence-corrected chi connectivity index (χ2v) is 9.44. The highest BCUT2D eigenvalue weighted by Gasteiger charge is 2.18. The molecule has 8 heteroatoms. The van der Waals surface area contributed by atoms with Gasteiger partial charge in [0.05, 0.1) is 46.7 Å². The topological polar surface area (TPSA) is 103 Å². The number of rotatable bonds is 6. The number of aromatic amines is 2. The van der Waals surface area contributed by atoms with E-state index in [-0.39, 0.29) is 5.91 Å². The van der Waals surface area contributed by atoms with Crippen molar-refractivity contribution in [1.82, 2.24) is 25.1 Å². The van der Waals surface area contributed by atoms with Gasteiger partial charge in [0.1, 0.15) is 5.69 Å². The molecule has 0 spiro atoms. The first-order valence-electron chi connectivity index (χ1n) is 12.6. The fourth-order valence-corrected chi connectivity index (χ4v) is 5.07. The summed E-state index contributed by atoms with van der Waals surface area (Å²) in [7, 11) is 0. The van der Waals surface area contributed by atoms with Crippen LogP contribution in [0.3, 0.4) is 0 Å². The number of piperidine rings is 1. The van der Waals surface area contributed by atoms with Gasteiger partial charge in [0, 0.05) is 42.0 Å². The normalized spacial score (nSPS) is 14.0. The molecule has 5 aromatic rings. The zero-order valence-electron chi connectivity index (χ0n) is 20.3. The average Bonchev–Trinajstić information content (AvgIpc) is 3.53. The molecular weight excluding hydrogens is 450 g/mol. The number of hydrogen-bond donors (Lipinski definition) is 3. The lowest BCUT2D eigenvalue weighted by Crippen LogP contribution is -2.29. The molecule has 8 nitrogen and oxygen atoms in total. The SMILES string of the molecule is CCCC(=O)Nc1cncc(-c2ccc3[nH]nc(-c4cc5c(N6CCCCC6)cncc5[nH]4)c3c2)c1. The van der Waals surface area contributed by atoms with Gasteiger partial charge in [0.2, 0.25) is 5.91 Å². The number of carbonyl (C=O) groups is 1. The molecule has 1 aliphatic heterocycles. The third kappa shape index (κ3) is 4.19. The Hall–Kier alpha value is -4.20. The number of carbonyl (C=O) groups excluding carboxylic acids is 1. The van der Waals surface area contributed by atoms with Gasteiger partial charge in [0.25, 0.3) is 0 Å². The summed E-state index contributed by atoms with van der Waals surface area (Å²) in [5, 5.41) is 13.0. The van der Waals surface area contributed by atoms with Gasteiger partial charge in [-0.3, -0.25) is 19.9 Å². The van der Waals surface area contributed by atoms with Crippen molar-refractivity contribution in [2.75, 3.05) is 23.3 Å². The van der Waals surface area contributed by atoms with Gasteiger partial charge in [0.15, 0.2) is 0 Å². The molecule has 1 amide bonds. The number of aromatic nitrogens is 5. The van der Waals surface area contributed by atoms with Crippen LogP contribution >= 0.6 is 0 Å². The first kappa shape index (κ1) is 22.3. The van der Waals surface area contributed by atoms with Crippen LogP contribution in [-0.4, -0.2) is 44.1 Å². The highest BCUT2D eigenvalue weighted by atomic mass is 16.1. The molecule has 0 unspecified atom stereocenters. The lowest BCUT2D eigenvalue weighted by atomic mass is 10.0. The van der Waals surface area contributed by atoms with Gasteiger partial charge in [-0.05, 0) is 55.5 Å². The van der Waals surface area contributed by atoms with Gasteiger partial charge < -0.3 is 15.2 Å². The predicted molar refractivity (Wildman–Crippen MR) is 144 cm³/mol. The summed E-state index contributed by atoms with van der Waals surface area (Å²) in [6.07, 6.45) is 12.4. The van der Waals surface area contributed by atoms with Crippen molar-refractivity contribution in [3.8, 4) is 22.5 Å². The van der Waals surface area contributed by atoms with Crippen molar-refractivity contribution >= 4 is 39.1 Å². The number of pyridine rings is 2. The van der Waals surface area contributed by atoms with Crippen LogP contribution < -0.4 is 10.2 Å². The number of fused-ring (bicyclic) bond motifs is 2. The van der Waals surface area contributed by atoms with Crippen LogP contribution in [0.5, 0.6) is 0 Å². The number of anilines is 2. The molecule has 1 saturated heterocycles. The second kappa shape index (κ2) is 9.45. The third-order valence-electron chi connectivity index (χ3n) is 6.87. The number of nitrogens with zero attached hydrogens (tertiary/aromatic N) is 4. The lowest BCUT2D eigenvalue weighted by molar-refractivity contribution is -0.116. The smallest absolute Gasteiger partial charge is 0.224 e. The fourth-order valence-electron chi connectivity index (χ4n) is 5.07. The predicted octanol–water partition coefficient (Wildman–Crippen LogP) is 5.90. The quantitative estimate of drug-likeness (QED) is 0.281. The lowest BCUT2D eigenvalue weighted by Gasteiger charge is -2.28. The maximum absolute atomic E-state index is 12.0. The van der Waals surface area contributed by atoms with Crippen molar-refractivity contribution < 1.29 is 4.79 Å². The van der Waals surface area contributed by atoms with E-state index in [4.69, 9.17) is 0 Å². The van der Waals surface area contributed by atoms with Crippen LogP contribution in [0, 0.1) is 0 Å². The molecule has 5 heterocycles. The zero-order chi connectivity index (χ0) is 24.5. The summed E-state index contributed by atoms with van der Waals surface area (Å²) in [5.41, 5.74) is 7.63. The summed E-state index contributed by atoms with van der Waals surface area (Å²) >= 11 is 0. The van der Waals surface area contributed by atoms with E-state index in [1.165, 1.54) is 30.3 Å². The Labute approximate surface area is 209 Å². The van der Waals surface area contributed by atoms with Gasteiger partial charge in [-0.25, -0.2) is 0 Å². The summed E-state index contributed by atoms with van der Waals surface area (Å²) in [6, 6.07) is 10.4. The molecule has 1 aromatic carbocycles. The Kier molecular flexibility index (Phi) is 5.85. The summed E-state index contributed by atoms with van der Waals surface area (Å²) in [5.74, 6) is 0.00115. The highest BCUT2D eigenvalue weighted by Crippen LogP contribution is 2.35. The van der Waals surface area contributed by atoms with Crippen molar-refractivity contribution in [3.05, 3.63) is 55.1 Å². The van der Waals surface area contributed by atoms with Gasteiger partial charge in [-0.15, -0.1) is 0 Å². The highest BCUT2D eigenvalue weighted by molar-refractivity contribution is 6.00. The molecular formula is C28H29N7O. The van der Waals surface area contributed by atoms with Gasteiger partial charge >= 0.3 is 0 Å². The van der Waals surface area contributed by atoms with Crippen molar-refractivity contribution in [1.29, 1.82) is 0 Å². The minimum absolute atomic E-state index is 0.00115. The molecule has 182 valence electrons. The van der Waals surface area contributed by atoms with Crippen LogP contribution in [0.1, 0.15) is 39.0 Å². The second-order valence-electron chi connectivity index (χ2n) is 9.44. The molecule has 0 atom stereocenters. The molecule has 6 rings (SSSR count). The van der Waals surface area contributed by atoms with Crippen molar-refractivity contribution in [3.63, 3.8) is 0 Å². The molecule has 4 aromatic heterocycles. The van der Waals surface area contributed by atoms with Gasteiger partial charge in [-0.1, -0.05) is 13.0 Å². The van der Waals surface area contributed by atoms with Crippen LogP contribution in [0.15, 0.2) is 55.1 Å². The molecule has 0 radical (unpaired) electrons. The largest absolute Gasteiger partial charge is 0.370 e. The summed E-state index contributed by atoms with van der Waals surface area (Å²) in [4.78, 5) is 26.9. The van der Waals surface area contributed by atoms with E-state index in [9.17, 15) is 4.79 Å². The standard InChI is InChI=1S/C28H29N7O/c1-2-6-27(36)31-20-11-19(14-29-15-20)18-7-8-23-22(12-18)28(34-33-23)24-13-21-25(32-24)16-30-17-26(21)35-9-4-3-5-10-35/h7-8,11-17,32H,2-6,9-10H2,1H3,(H,31,36)(H,33,34). The Morgan fingerprint density at radius 1 is 0.944 bits per heavy atom. The first-order chi connectivity index (χ1) is 17.7. The van der Waals surface area contributed by atoms with E-state index < -0.39 is 0 Å². The summed E-state index contributed by atoms with van der Waals surface area (Å²) in [6.45, 7) is 4.13. The average molecular weight is 480 g/mol. The third-order valence-corrected chi connectivity index (χ3v) is 6.87. The number of amides is 1. The maximum atomic E-state index is 12.0. The fraction of sp³-hybridized carbons (Fsp3) is 0.286. The van der Waals surface area contributed by atoms with Crippen molar-refractivity contribution in [2.45, 2.75) is 39.0 Å². The Balaban J connectivity index is 1.37. The van der Waals surface area contributed by atoms with E-state index in [1.807, 2.05) is 43.7 Å². The molecule has 0 bridgehead atoms.